The van der Waals surface area contributed by atoms with Gasteiger partial charge in [-0.2, -0.15) is 0 Å². The van der Waals surface area contributed by atoms with E-state index in [0.717, 1.165) is 6.42 Å². The topological polar surface area (TPSA) is 55.8 Å². The van der Waals surface area contributed by atoms with Gasteiger partial charge in [0.1, 0.15) is 16.7 Å². The summed E-state index contributed by atoms with van der Waals surface area (Å²) in [5.74, 6) is 0.0933. The minimum Gasteiger partial charge on any atom is -0.495 e. The summed E-state index contributed by atoms with van der Waals surface area (Å²) >= 11 is 1.33. The molecule has 0 aliphatic carbocycles. The molecule has 104 valence electrons. The Morgan fingerprint density at radius 1 is 1.53 bits per heavy atom. The second kappa shape index (κ2) is 6.06. The van der Waals surface area contributed by atoms with Gasteiger partial charge in [0.15, 0.2) is 0 Å². The maximum absolute atomic E-state index is 12.5. The van der Waals surface area contributed by atoms with Crippen LogP contribution in [0.15, 0.2) is 11.4 Å². The second-order valence-corrected chi connectivity index (χ2v) is 5.14. The summed E-state index contributed by atoms with van der Waals surface area (Å²) in [6, 6.07) is 1.30. The van der Waals surface area contributed by atoms with Crippen molar-refractivity contribution in [2.24, 2.45) is 0 Å². The van der Waals surface area contributed by atoms with Gasteiger partial charge < -0.3 is 14.4 Å². The number of hydrogen-bond acceptors (Lipinski definition) is 5. The first-order valence-electron chi connectivity index (χ1n) is 6.28. The van der Waals surface area contributed by atoms with Crippen LogP contribution >= 0.6 is 11.3 Å². The molecule has 2 heterocycles. The fourth-order valence-electron chi connectivity index (χ4n) is 2.24. The maximum atomic E-state index is 12.5. The van der Waals surface area contributed by atoms with Crippen LogP contribution in [0.25, 0.3) is 0 Å². The van der Waals surface area contributed by atoms with Crippen molar-refractivity contribution in [1.29, 1.82) is 0 Å². The standard InChI is InChI=1S/C13H17NO4S/c1-3-18-13(16)9-5-4-7-14(9)12(15)11-10(17-2)6-8-19-11/h6,8-9H,3-5,7H2,1-2H3. The Kier molecular flexibility index (Phi) is 4.42. The van der Waals surface area contributed by atoms with Crippen LogP contribution < -0.4 is 4.74 Å². The molecule has 1 unspecified atom stereocenters. The first-order chi connectivity index (χ1) is 9.19. The fraction of sp³-hybridized carbons (Fsp3) is 0.538. The van der Waals surface area contributed by atoms with Crippen molar-refractivity contribution in [3.05, 3.63) is 16.3 Å². The van der Waals surface area contributed by atoms with Crippen LogP contribution in [-0.2, 0) is 9.53 Å². The highest BCUT2D eigenvalue weighted by atomic mass is 32.1. The molecule has 1 atom stereocenters. The first-order valence-corrected chi connectivity index (χ1v) is 7.16. The van der Waals surface area contributed by atoms with E-state index in [1.54, 1.807) is 17.9 Å². The zero-order valence-corrected chi connectivity index (χ0v) is 11.9. The van der Waals surface area contributed by atoms with E-state index in [1.807, 2.05) is 5.38 Å². The smallest absolute Gasteiger partial charge is 0.328 e. The quantitative estimate of drug-likeness (QED) is 0.792. The van der Waals surface area contributed by atoms with E-state index in [1.165, 1.54) is 18.4 Å². The van der Waals surface area contributed by atoms with Crippen LogP contribution in [0, 0.1) is 0 Å². The van der Waals surface area contributed by atoms with Crippen LogP contribution in [-0.4, -0.2) is 43.1 Å². The van der Waals surface area contributed by atoms with Gasteiger partial charge in [0, 0.05) is 6.54 Å². The van der Waals surface area contributed by atoms with Crippen LogP contribution in [0.4, 0.5) is 0 Å². The van der Waals surface area contributed by atoms with Crippen molar-refractivity contribution in [1.82, 2.24) is 4.90 Å². The monoisotopic (exact) mass is 283 g/mol. The summed E-state index contributed by atoms with van der Waals surface area (Å²) in [6.45, 7) is 2.68. The molecule has 1 aliphatic heterocycles. The van der Waals surface area contributed by atoms with Crippen molar-refractivity contribution in [3.8, 4) is 5.75 Å². The van der Waals surface area contributed by atoms with Gasteiger partial charge in [-0.05, 0) is 31.2 Å². The zero-order valence-electron chi connectivity index (χ0n) is 11.0. The summed E-state index contributed by atoms with van der Waals surface area (Å²) in [7, 11) is 1.53. The molecule has 0 spiro atoms. The van der Waals surface area contributed by atoms with Crippen LogP contribution in [0.5, 0.6) is 5.75 Å². The van der Waals surface area contributed by atoms with Gasteiger partial charge in [-0.3, -0.25) is 4.79 Å². The number of amides is 1. The molecule has 1 aromatic rings. The maximum Gasteiger partial charge on any atom is 0.328 e. The Bertz CT molecular complexity index is 471. The van der Waals surface area contributed by atoms with Gasteiger partial charge in [0.2, 0.25) is 0 Å². The third-order valence-corrected chi connectivity index (χ3v) is 4.00. The molecule has 19 heavy (non-hydrogen) atoms. The number of nitrogens with zero attached hydrogens (tertiary/aromatic N) is 1. The number of ether oxygens (including phenoxy) is 2. The highest BCUT2D eigenvalue weighted by Crippen LogP contribution is 2.29. The van der Waals surface area contributed by atoms with Crippen molar-refractivity contribution in [2.75, 3.05) is 20.3 Å². The summed E-state index contributed by atoms with van der Waals surface area (Å²) < 4.78 is 10.2. The van der Waals surface area contributed by atoms with Gasteiger partial charge in [0.25, 0.3) is 5.91 Å². The average Bonchev–Trinajstić information content (AvgIpc) is 3.06. The van der Waals surface area contributed by atoms with Crippen molar-refractivity contribution in [2.45, 2.75) is 25.8 Å². The Balaban J connectivity index is 2.16. The molecule has 1 saturated heterocycles. The van der Waals surface area contributed by atoms with Gasteiger partial charge in [-0.15, -0.1) is 11.3 Å². The predicted molar refractivity (Wildman–Crippen MR) is 71.6 cm³/mol. The van der Waals surface area contributed by atoms with Crippen LogP contribution in [0.2, 0.25) is 0 Å². The molecule has 0 radical (unpaired) electrons. The van der Waals surface area contributed by atoms with E-state index in [0.29, 0.717) is 30.2 Å². The van der Waals surface area contributed by atoms with E-state index in [9.17, 15) is 9.59 Å². The second-order valence-electron chi connectivity index (χ2n) is 4.23. The lowest BCUT2D eigenvalue weighted by atomic mass is 10.2. The van der Waals surface area contributed by atoms with Crippen molar-refractivity contribution >= 4 is 23.2 Å². The van der Waals surface area contributed by atoms with E-state index in [-0.39, 0.29) is 11.9 Å². The first kappa shape index (κ1) is 13.9. The lowest BCUT2D eigenvalue weighted by Crippen LogP contribution is -2.41. The summed E-state index contributed by atoms with van der Waals surface area (Å²) in [5, 5.41) is 1.81. The number of hydrogen-bond donors (Lipinski definition) is 0. The molecule has 1 aromatic heterocycles. The molecule has 1 amide bonds. The normalized spacial score (nSPS) is 18.4. The van der Waals surface area contributed by atoms with Crippen LogP contribution in [0.1, 0.15) is 29.4 Å². The Hall–Kier alpha value is -1.56. The molecular formula is C13H17NO4S. The highest BCUT2D eigenvalue weighted by Gasteiger charge is 2.36. The number of thiophene rings is 1. The number of carbonyl (C=O) groups is 2. The van der Waals surface area contributed by atoms with E-state index in [2.05, 4.69) is 0 Å². The Morgan fingerprint density at radius 2 is 2.32 bits per heavy atom. The third kappa shape index (κ3) is 2.73. The minimum atomic E-state index is -0.459. The van der Waals surface area contributed by atoms with Gasteiger partial charge in [-0.1, -0.05) is 0 Å². The largest absolute Gasteiger partial charge is 0.495 e. The van der Waals surface area contributed by atoms with Gasteiger partial charge >= 0.3 is 5.97 Å². The Labute approximate surface area is 116 Å². The van der Waals surface area contributed by atoms with Gasteiger partial charge in [-0.25, -0.2) is 4.79 Å². The molecule has 0 bridgehead atoms. The highest BCUT2D eigenvalue weighted by molar-refractivity contribution is 7.12. The minimum absolute atomic E-state index is 0.151. The molecule has 6 heteroatoms. The zero-order chi connectivity index (χ0) is 13.8. The summed E-state index contributed by atoms with van der Waals surface area (Å²) in [4.78, 5) is 26.4. The number of likely N-dealkylation sites (tertiary alicyclic amines) is 1. The molecule has 2 rings (SSSR count). The molecule has 1 fully saturated rings. The van der Waals surface area contributed by atoms with E-state index >= 15 is 0 Å². The Morgan fingerprint density at radius 3 is 3.00 bits per heavy atom. The summed E-state index contributed by atoms with van der Waals surface area (Å²) in [6.07, 6.45) is 1.49. The number of carbonyl (C=O) groups excluding carboxylic acids is 2. The molecular weight excluding hydrogens is 266 g/mol. The number of rotatable bonds is 4. The number of methoxy groups -OCH3 is 1. The third-order valence-electron chi connectivity index (χ3n) is 3.12. The van der Waals surface area contributed by atoms with E-state index in [4.69, 9.17) is 9.47 Å². The van der Waals surface area contributed by atoms with E-state index < -0.39 is 6.04 Å². The summed E-state index contributed by atoms with van der Waals surface area (Å²) in [5.41, 5.74) is 0. The molecule has 5 nitrogen and oxygen atoms in total. The molecule has 0 saturated carbocycles. The molecule has 0 N–H and O–H groups in total. The molecule has 0 aromatic carbocycles. The fourth-order valence-corrected chi connectivity index (χ4v) is 3.05. The van der Waals surface area contributed by atoms with Crippen LogP contribution in [0.3, 0.4) is 0 Å². The lowest BCUT2D eigenvalue weighted by molar-refractivity contribution is -0.147. The molecule has 1 aliphatic rings. The van der Waals surface area contributed by atoms with Crippen molar-refractivity contribution in [3.63, 3.8) is 0 Å². The van der Waals surface area contributed by atoms with Crippen molar-refractivity contribution < 1.29 is 19.1 Å². The van der Waals surface area contributed by atoms with Gasteiger partial charge in [0.05, 0.1) is 13.7 Å². The number of esters is 1. The average molecular weight is 283 g/mol. The SMILES string of the molecule is CCOC(=O)C1CCCN1C(=O)c1sccc1OC. The lowest BCUT2D eigenvalue weighted by Gasteiger charge is -2.22. The predicted octanol–water partition coefficient (Wildman–Crippen LogP) is 1.92.